The van der Waals surface area contributed by atoms with Crippen LogP contribution in [0.2, 0.25) is 0 Å². The van der Waals surface area contributed by atoms with Crippen LogP contribution in [0.4, 0.5) is 5.69 Å². The molecule has 0 unspecified atom stereocenters. The molecule has 0 saturated carbocycles. The number of nitrogens with zero attached hydrogens (tertiary/aromatic N) is 1. The second-order valence-corrected chi connectivity index (χ2v) is 4.17. The van der Waals surface area contributed by atoms with Gasteiger partial charge in [0.15, 0.2) is 0 Å². The normalized spacial score (nSPS) is 11.2. The van der Waals surface area contributed by atoms with Crippen LogP contribution in [0.5, 0.6) is 11.6 Å². The Morgan fingerprint density at radius 3 is 2.48 bits per heavy atom. The number of hydrazone groups is 1. The first-order valence-corrected chi connectivity index (χ1v) is 6.01. The van der Waals surface area contributed by atoms with Crippen LogP contribution in [-0.4, -0.2) is 27.9 Å². The van der Waals surface area contributed by atoms with Crippen molar-refractivity contribution in [3.8, 4) is 11.6 Å². The predicted molar refractivity (Wildman–Crippen MR) is 78.2 cm³/mol. The third-order valence-electron chi connectivity index (χ3n) is 2.73. The van der Waals surface area contributed by atoms with Gasteiger partial charge in [0.25, 0.3) is 5.56 Å². The number of methoxy groups -OCH3 is 1. The zero-order valence-corrected chi connectivity index (χ0v) is 11.4. The van der Waals surface area contributed by atoms with Crippen molar-refractivity contribution in [2.45, 2.75) is 6.92 Å². The molecule has 0 amide bonds. The summed E-state index contributed by atoms with van der Waals surface area (Å²) >= 11 is 0. The van der Waals surface area contributed by atoms with E-state index in [9.17, 15) is 14.7 Å². The average molecular weight is 290 g/mol. The molecule has 0 aliphatic heterocycles. The number of H-pyrrole nitrogens is 2. The molecule has 0 saturated heterocycles. The summed E-state index contributed by atoms with van der Waals surface area (Å²) in [4.78, 5) is 26.7. The smallest absolute Gasteiger partial charge is 0.328 e. The van der Waals surface area contributed by atoms with Crippen LogP contribution >= 0.6 is 0 Å². The topological polar surface area (TPSA) is 120 Å². The van der Waals surface area contributed by atoms with Gasteiger partial charge in [-0.1, -0.05) is 0 Å². The molecule has 0 spiro atoms. The molecular weight excluding hydrogens is 276 g/mol. The molecule has 0 fully saturated rings. The first kappa shape index (κ1) is 14.4. The minimum atomic E-state index is -0.780. The van der Waals surface area contributed by atoms with Crippen LogP contribution in [0.1, 0.15) is 12.5 Å². The summed E-state index contributed by atoms with van der Waals surface area (Å²) in [7, 11) is 1.57. The van der Waals surface area contributed by atoms with E-state index in [2.05, 4.69) is 15.5 Å². The SMILES string of the molecule is COc1ccc(N/N=C(\C)c2c(O)[nH]c(=O)[nH]c2=O)cc1. The van der Waals surface area contributed by atoms with Crippen LogP contribution < -0.4 is 21.4 Å². The monoisotopic (exact) mass is 290 g/mol. The van der Waals surface area contributed by atoms with E-state index in [1.807, 2.05) is 4.98 Å². The Morgan fingerprint density at radius 1 is 1.24 bits per heavy atom. The van der Waals surface area contributed by atoms with Gasteiger partial charge in [0, 0.05) is 0 Å². The summed E-state index contributed by atoms with van der Waals surface area (Å²) in [6.07, 6.45) is 0. The van der Waals surface area contributed by atoms with E-state index >= 15 is 0 Å². The van der Waals surface area contributed by atoms with Gasteiger partial charge in [-0.2, -0.15) is 5.10 Å². The summed E-state index contributed by atoms with van der Waals surface area (Å²) < 4.78 is 5.03. The molecule has 1 heterocycles. The lowest BCUT2D eigenvalue weighted by molar-refractivity contribution is 0.415. The summed E-state index contributed by atoms with van der Waals surface area (Å²) in [5.41, 5.74) is 2.04. The predicted octanol–water partition coefficient (Wildman–Crippen LogP) is 0.613. The van der Waals surface area contributed by atoms with Crippen molar-refractivity contribution in [1.82, 2.24) is 9.97 Å². The van der Waals surface area contributed by atoms with Crippen molar-refractivity contribution in [2.24, 2.45) is 5.10 Å². The molecule has 1 aromatic carbocycles. The molecule has 0 aliphatic rings. The molecule has 110 valence electrons. The summed E-state index contributed by atoms with van der Waals surface area (Å²) in [5, 5.41) is 13.6. The fourth-order valence-corrected chi connectivity index (χ4v) is 1.68. The molecule has 4 N–H and O–H groups in total. The lowest BCUT2D eigenvalue weighted by Crippen LogP contribution is -2.27. The number of rotatable bonds is 4. The standard InChI is InChI=1S/C13H14N4O4/c1-7(10-11(18)14-13(20)15-12(10)19)16-17-8-3-5-9(21-2)6-4-8/h3-6,17H,1-2H3,(H3,14,15,18,19,20)/b16-7+. The summed E-state index contributed by atoms with van der Waals surface area (Å²) in [6, 6.07) is 6.98. The quantitative estimate of drug-likeness (QED) is 0.486. The maximum absolute atomic E-state index is 11.6. The highest BCUT2D eigenvalue weighted by molar-refractivity contribution is 6.00. The Kier molecular flexibility index (Phi) is 4.07. The van der Waals surface area contributed by atoms with E-state index in [0.717, 1.165) is 0 Å². The van der Waals surface area contributed by atoms with E-state index in [4.69, 9.17) is 4.74 Å². The van der Waals surface area contributed by atoms with Crippen LogP contribution in [0.25, 0.3) is 0 Å². The number of hydrogen-bond acceptors (Lipinski definition) is 6. The van der Waals surface area contributed by atoms with Crippen LogP contribution in [0.3, 0.4) is 0 Å². The van der Waals surface area contributed by atoms with E-state index in [1.165, 1.54) is 6.92 Å². The average Bonchev–Trinajstić information content (AvgIpc) is 2.44. The van der Waals surface area contributed by atoms with Crippen LogP contribution in [-0.2, 0) is 0 Å². The molecule has 2 rings (SSSR count). The maximum Gasteiger partial charge on any atom is 0.328 e. The zero-order chi connectivity index (χ0) is 15.4. The minimum absolute atomic E-state index is 0.101. The molecule has 0 aliphatic carbocycles. The van der Waals surface area contributed by atoms with Crippen molar-refractivity contribution in [3.05, 3.63) is 50.7 Å². The summed E-state index contributed by atoms with van der Waals surface area (Å²) in [6.45, 7) is 1.53. The number of aromatic nitrogens is 2. The molecule has 8 nitrogen and oxygen atoms in total. The van der Waals surface area contributed by atoms with E-state index in [1.54, 1.807) is 31.4 Å². The van der Waals surface area contributed by atoms with Gasteiger partial charge >= 0.3 is 5.69 Å². The number of anilines is 1. The molecule has 21 heavy (non-hydrogen) atoms. The Balaban J connectivity index is 2.25. The van der Waals surface area contributed by atoms with Crippen LogP contribution in [0, 0.1) is 0 Å². The van der Waals surface area contributed by atoms with Gasteiger partial charge in [-0.05, 0) is 31.2 Å². The number of aromatic hydroxyl groups is 1. The second-order valence-electron chi connectivity index (χ2n) is 4.17. The summed E-state index contributed by atoms with van der Waals surface area (Å²) in [5.74, 6) is 0.178. The fourth-order valence-electron chi connectivity index (χ4n) is 1.68. The third kappa shape index (κ3) is 3.30. The fraction of sp³-hybridized carbons (Fsp3) is 0.154. The molecule has 8 heteroatoms. The number of ether oxygens (including phenoxy) is 1. The van der Waals surface area contributed by atoms with Crippen molar-refractivity contribution < 1.29 is 9.84 Å². The largest absolute Gasteiger partial charge is 0.497 e. The molecule has 0 bridgehead atoms. The number of nitrogens with one attached hydrogen (secondary N) is 3. The number of benzene rings is 1. The second kappa shape index (κ2) is 5.95. The first-order chi connectivity index (χ1) is 10.0. The van der Waals surface area contributed by atoms with Crippen LogP contribution in [0.15, 0.2) is 39.0 Å². The van der Waals surface area contributed by atoms with Crippen molar-refractivity contribution in [2.75, 3.05) is 12.5 Å². The number of hydrogen-bond donors (Lipinski definition) is 4. The van der Waals surface area contributed by atoms with Gasteiger partial charge in [0.2, 0.25) is 5.88 Å². The molecular formula is C13H14N4O4. The van der Waals surface area contributed by atoms with Crippen molar-refractivity contribution in [1.29, 1.82) is 0 Å². The lowest BCUT2D eigenvalue weighted by Gasteiger charge is -2.05. The van der Waals surface area contributed by atoms with Gasteiger partial charge in [0.05, 0.1) is 18.5 Å². The van der Waals surface area contributed by atoms with Crippen molar-refractivity contribution in [3.63, 3.8) is 0 Å². The Hall–Kier alpha value is -3.03. The van der Waals surface area contributed by atoms with E-state index in [-0.39, 0.29) is 11.3 Å². The highest BCUT2D eigenvalue weighted by Crippen LogP contribution is 2.15. The molecule has 0 radical (unpaired) electrons. The Bertz CT molecular complexity index is 774. The van der Waals surface area contributed by atoms with E-state index < -0.39 is 17.1 Å². The minimum Gasteiger partial charge on any atom is -0.497 e. The third-order valence-corrected chi connectivity index (χ3v) is 2.73. The van der Waals surface area contributed by atoms with Gasteiger partial charge in [0.1, 0.15) is 11.3 Å². The Labute approximate surface area is 119 Å². The highest BCUT2D eigenvalue weighted by Gasteiger charge is 2.11. The van der Waals surface area contributed by atoms with E-state index in [0.29, 0.717) is 11.4 Å². The maximum atomic E-state index is 11.6. The highest BCUT2D eigenvalue weighted by atomic mass is 16.5. The zero-order valence-electron chi connectivity index (χ0n) is 11.4. The molecule has 0 atom stereocenters. The Morgan fingerprint density at radius 2 is 1.90 bits per heavy atom. The van der Waals surface area contributed by atoms with Gasteiger partial charge in [-0.15, -0.1) is 0 Å². The number of aromatic amines is 2. The van der Waals surface area contributed by atoms with Gasteiger partial charge < -0.3 is 9.84 Å². The van der Waals surface area contributed by atoms with Gasteiger partial charge in [-0.25, -0.2) is 4.79 Å². The molecule has 2 aromatic rings. The molecule has 1 aromatic heterocycles. The lowest BCUT2D eigenvalue weighted by atomic mass is 10.2. The van der Waals surface area contributed by atoms with Gasteiger partial charge in [-0.3, -0.25) is 20.2 Å². The first-order valence-electron chi connectivity index (χ1n) is 6.01. The van der Waals surface area contributed by atoms with Crippen molar-refractivity contribution >= 4 is 11.4 Å².